The lowest BCUT2D eigenvalue weighted by atomic mass is 10.1. The van der Waals surface area contributed by atoms with E-state index in [1.54, 1.807) is 53.2 Å². The number of rotatable bonds is 8. The van der Waals surface area contributed by atoms with Crippen molar-refractivity contribution in [2.75, 3.05) is 26.6 Å². The maximum absolute atomic E-state index is 12.8. The number of nitrogens with zero attached hydrogens (tertiary/aromatic N) is 4. The van der Waals surface area contributed by atoms with Gasteiger partial charge in [0.1, 0.15) is 5.75 Å². The first-order valence-corrected chi connectivity index (χ1v) is 10.7. The van der Waals surface area contributed by atoms with E-state index in [1.165, 1.54) is 21.3 Å². The molecule has 10 heteroatoms. The maximum Gasteiger partial charge on any atom is 0.255 e. The Kier molecular flexibility index (Phi) is 6.81. The Bertz CT molecular complexity index is 1310. The minimum Gasteiger partial charge on any atom is -0.493 e. The van der Waals surface area contributed by atoms with Gasteiger partial charge in [0, 0.05) is 23.0 Å². The van der Waals surface area contributed by atoms with E-state index in [9.17, 15) is 4.79 Å². The van der Waals surface area contributed by atoms with Gasteiger partial charge < -0.3 is 24.3 Å². The number of amides is 1. The molecule has 0 bridgehead atoms. The molecule has 0 atom stereocenters. The van der Waals surface area contributed by atoms with Crippen LogP contribution in [0.3, 0.4) is 0 Å². The number of carbonyl (C=O) groups is 1. The fourth-order valence-electron chi connectivity index (χ4n) is 3.48. The van der Waals surface area contributed by atoms with Crippen molar-refractivity contribution in [3.05, 3.63) is 71.5 Å². The molecule has 0 aliphatic rings. The van der Waals surface area contributed by atoms with Crippen LogP contribution in [-0.4, -0.2) is 47.2 Å². The Morgan fingerprint density at radius 1 is 0.857 bits per heavy atom. The molecule has 180 valence electrons. The molecular weight excluding hydrogens is 450 g/mol. The van der Waals surface area contributed by atoms with Gasteiger partial charge in [-0.1, -0.05) is 0 Å². The zero-order valence-corrected chi connectivity index (χ0v) is 20.0. The average molecular weight is 476 g/mol. The predicted octanol–water partition coefficient (Wildman–Crippen LogP) is 4.35. The standard InChI is InChI=1S/C25H25N5O5/c1-15-12-16(2)30(29-15)22-10-11-23(28-27-22)35-19-8-6-18(7-9-19)26-25(31)17-13-20(32-3)24(34-5)21(14-17)33-4/h6-14H,1-5H3,(H,26,31). The van der Waals surface area contributed by atoms with Gasteiger partial charge in [-0.05, 0) is 62.4 Å². The summed E-state index contributed by atoms with van der Waals surface area (Å²) in [6.45, 7) is 3.87. The molecule has 1 amide bonds. The van der Waals surface area contributed by atoms with Crippen LogP contribution in [0.4, 0.5) is 5.69 Å². The van der Waals surface area contributed by atoms with E-state index in [4.69, 9.17) is 18.9 Å². The summed E-state index contributed by atoms with van der Waals surface area (Å²) in [6, 6.07) is 15.5. The minimum absolute atomic E-state index is 0.330. The van der Waals surface area contributed by atoms with Crippen molar-refractivity contribution in [3.63, 3.8) is 0 Å². The third-order valence-electron chi connectivity index (χ3n) is 5.11. The number of aryl methyl sites for hydroxylation is 2. The van der Waals surface area contributed by atoms with E-state index in [0.717, 1.165) is 11.4 Å². The summed E-state index contributed by atoms with van der Waals surface area (Å²) in [7, 11) is 4.49. The number of carbonyl (C=O) groups excluding carboxylic acids is 1. The molecule has 0 aliphatic carbocycles. The number of methoxy groups -OCH3 is 3. The van der Waals surface area contributed by atoms with E-state index in [-0.39, 0.29) is 5.91 Å². The van der Waals surface area contributed by atoms with Crippen molar-refractivity contribution >= 4 is 11.6 Å². The second-order valence-corrected chi connectivity index (χ2v) is 7.56. The van der Waals surface area contributed by atoms with Gasteiger partial charge in [-0.3, -0.25) is 4.79 Å². The molecule has 2 aromatic carbocycles. The number of anilines is 1. The monoisotopic (exact) mass is 475 g/mol. The summed E-state index contributed by atoms with van der Waals surface area (Å²) < 4.78 is 23.4. The van der Waals surface area contributed by atoms with Gasteiger partial charge in [-0.15, -0.1) is 10.2 Å². The molecule has 0 fully saturated rings. The van der Waals surface area contributed by atoms with Gasteiger partial charge in [0.15, 0.2) is 17.3 Å². The maximum atomic E-state index is 12.8. The summed E-state index contributed by atoms with van der Waals surface area (Å²) >= 11 is 0. The van der Waals surface area contributed by atoms with Gasteiger partial charge in [0.2, 0.25) is 11.6 Å². The fourth-order valence-corrected chi connectivity index (χ4v) is 3.48. The Balaban J connectivity index is 1.43. The van der Waals surface area contributed by atoms with Gasteiger partial charge in [0.25, 0.3) is 5.91 Å². The molecule has 35 heavy (non-hydrogen) atoms. The van der Waals surface area contributed by atoms with Crippen LogP contribution < -0.4 is 24.3 Å². The Hall–Kier alpha value is -4.60. The number of aromatic nitrogens is 4. The van der Waals surface area contributed by atoms with Gasteiger partial charge in [-0.2, -0.15) is 5.10 Å². The lowest BCUT2D eigenvalue weighted by molar-refractivity contribution is 0.102. The molecular formula is C25H25N5O5. The molecule has 2 aromatic heterocycles. The highest BCUT2D eigenvalue weighted by molar-refractivity contribution is 6.05. The second kappa shape index (κ2) is 10.1. The van der Waals surface area contributed by atoms with Crippen LogP contribution in [0.15, 0.2) is 54.6 Å². The molecule has 0 saturated carbocycles. The van der Waals surface area contributed by atoms with Crippen molar-refractivity contribution in [3.8, 4) is 34.7 Å². The first kappa shape index (κ1) is 23.6. The quantitative estimate of drug-likeness (QED) is 0.401. The van der Waals surface area contributed by atoms with Crippen LogP contribution in [0.1, 0.15) is 21.7 Å². The highest BCUT2D eigenvalue weighted by Gasteiger charge is 2.17. The number of hydrogen-bond acceptors (Lipinski definition) is 8. The molecule has 0 aliphatic heterocycles. The highest BCUT2D eigenvalue weighted by atomic mass is 16.5. The molecule has 0 unspecified atom stereocenters. The topological polar surface area (TPSA) is 110 Å². The largest absolute Gasteiger partial charge is 0.493 e. The summed E-state index contributed by atoms with van der Waals surface area (Å²) in [4.78, 5) is 12.8. The number of benzene rings is 2. The summed E-state index contributed by atoms with van der Waals surface area (Å²) in [6.07, 6.45) is 0. The molecule has 0 spiro atoms. The number of ether oxygens (including phenoxy) is 4. The third-order valence-corrected chi connectivity index (χ3v) is 5.11. The van der Waals surface area contributed by atoms with Crippen LogP contribution in [0.5, 0.6) is 28.9 Å². The van der Waals surface area contributed by atoms with Gasteiger partial charge in [-0.25, -0.2) is 4.68 Å². The Morgan fingerprint density at radius 3 is 2.06 bits per heavy atom. The van der Waals surface area contributed by atoms with Crippen molar-refractivity contribution < 1.29 is 23.7 Å². The Labute approximate surface area is 202 Å². The van der Waals surface area contributed by atoms with Gasteiger partial charge in [0.05, 0.1) is 27.0 Å². The molecule has 1 N–H and O–H groups in total. The van der Waals surface area contributed by atoms with Crippen LogP contribution in [0.2, 0.25) is 0 Å². The summed E-state index contributed by atoms with van der Waals surface area (Å²) in [5.74, 6) is 2.36. The lowest BCUT2D eigenvalue weighted by Crippen LogP contribution is -2.12. The summed E-state index contributed by atoms with van der Waals surface area (Å²) in [5, 5.41) is 15.5. The normalized spacial score (nSPS) is 10.5. The summed E-state index contributed by atoms with van der Waals surface area (Å²) in [5.41, 5.74) is 2.82. The molecule has 0 saturated heterocycles. The minimum atomic E-state index is -0.330. The van der Waals surface area contributed by atoms with E-state index in [1.807, 2.05) is 19.9 Å². The van der Waals surface area contributed by atoms with Crippen molar-refractivity contribution in [2.24, 2.45) is 0 Å². The van der Waals surface area contributed by atoms with E-state index in [0.29, 0.717) is 45.9 Å². The van der Waals surface area contributed by atoms with Crippen molar-refractivity contribution in [1.82, 2.24) is 20.0 Å². The first-order valence-electron chi connectivity index (χ1n) is 10.7. The van der Waals surface area contributed by atoms with Crippen LogP contribution in [0.25, 0.3) is 5.82 Å². The lowest BCUT2D eigenvalue weighted by Gasteiger charge is -2.14. The molecule has 2 heterocycles. The molecule has 0 radical (unpaired) electrons. The predicted molar refractivity (Wildman–Crippen MR) is 129 cm³/mol. The molecule has 4 aromatic rings. The third kappa shape index (κ3) is 5.16. The van der Waals surface area contributed by atoms with E-state index < -0.39 is 0 Å². The molecule has 4 rings (SSSR count). The van der Waals surface area contributed by atoms with Crippen LogP contribution in [0, 0.1) is 13.8 Å². The van der Waals surface area contributed by atoms with Crippen LogP contribution >= 0.6 is 0 Å². The number of hydrogen-bond donors (Lipinski definition) is 1. The smallest absolute Gasteiger partial charge is 0.255 e. The first-order chi connectivity index (χ1) is 16.9. The average Bonchev–Trinajstić information content (AvgIpc) is 3.22. The highest BCUT2D eigenvalue weighted by Crippen LogP contribution is 2.38. The van der Waals surface area contributed by atoms with E-state index in [2.05, 4.69) is 20.6 Å². The number of nitrogens with one attached hydrogen (secondary N) is 1. The van der Waals surface area contributed by atoms with Crippen LogP contribution in [-0.2, 0) is 0 Å². The van der Waals surface area contributed by atoms with Crippen molar-refractivity contribution in [1.29, 1.82) is 0 Å². The van der Waals surface area contributed by atoms with Gasteiger partial charge >= 0.3 is 0 Å². The molecule has 10 nitrogen and oxygen atoms in total. The zero-order valence-electron chi connectivity index (χ0n) is 20.0. The Morgan fingerprint density at radius 2 is 1.54 bits per heavy atom. The SMILES string of the molecule is COc1cc(C(=O)Nc2ccc(Oc3ccc(-n4nc(C)cc4C)nn3)cc2)cc(OC)c1OC. The second-order valence-electron chi connectivity index (χ2n) is 7.56. The zero-order chi connectivity index (χ0) is 24.9. The van der Waals surface area contributed by atoms with Crippen molar-refractivity contribution in [2.45, 2.75) is 13.8 Å². The fraction of sp³-hybridized carbons (Fsp3) is 0.200. The van der Waals surface area contributed by atoms with E-state index >= 15 is 0 Å².